The summed E-state index contributed by atoms with van der Waals surface area (Å²) in [7, 11) is 1.86. The van der Waals surface area contributed by atoms with E-state index >= 15 is 0 Å². The summed E-state index contributed by atoms with van der Waals surface area (Å²) < 4.78 is 8.09. The maximum atomic E-state index is 13.0. The molecule has 10 nitrogen and oxygen atoms in total. The molecule has 2 aliphatic rings. The van der Waals surface area contributed by atoms with Gasteiger partial charge in [0.2, 0.25) is 11.8 Å². The van der Waals surface area contributed by atoms with Crippen molar-refractivity contribution in [3.8, 4) is 11.3 Å². The molecule has 0 bridgehead atoms. The van der Waals surface area contributed by atoms with E-state index in [-0.39, 0.29) is 23.2 Å². The normalized spacial score (nSPS) is 18.1. The Hall–Kier alpha value is -3.35. The van der Waals surface area contributed by atoms with Gasteiger partial charge in [-0.25, -0.2) is 9.97 Å². The number of anilines is 2. The highest BCUT2D eigenvalue weighted by atomic mass is 127. The quantitative estimate of drug-likeness (QED) is 0.176. The molecule has 0 radical (unpaired) electrons. The fraction of sp³-hybridized carbons (Fsp3) is 0.385. The number of hydrogen-bond donors (Lipinski definition) is 2. The molecule has 1 aromatic carbocycles. The summed E-state index contributed by atoms with van der Waals surface area (Å²) in [6.07, 6.45) is 11.3. The summed E-state index contributed by atoms with van der Waals surface area (Å²) in [5.41, 5.74) is 4.99. The first kappa shape index (κ1) is 24.0. The monoisotopic (exact) mass is 610 g/mol. The third kappa shape index (κ3) is 4.96. The number of benzene rings is 1. The van der Waals surface area contributed by atoms with E-state index < -0.39 is 0 Å². The van der Waals surface area contributed by atoms with E-state index in [2.05, 4.69) is 71.6 Å². The van der Waals surface area contributed by atoms with Gasteiger partial charge in [-0.2, -0.15) is 10.1 Å². The standard InChI is InChI=1S/C26H27IN8O2/c1-35-14-18(13-29-35)30-25-28-11-8-20(32-25)17-6-7-19-16(12-17)4-2-3-5-21(19)31-23(36)22-33-24(37-34-22)26(15-27)9-10-26/h6-8,11-14,21H,2-5,9-10,15H2,1H3,(H,31,36)(H,28,30,32). The molecular formula is C26H27IN8O2. The first-order valence-corrected chi connectivity index (χ1v) is 14.0. The molecule has 0 saturated heterocycles. The Morgan fingerprint density at radius 2 is 2.14 bits per heavy atom. The summed E-state index contributed by atoms with van der Waals surface area (Å²) >= 11 is 2.34. The second-order valence-electron chi connectivity index (χ2n) is 9.82. The summed E-state index contributed by atoms with van der Waals surface area (Å²) in [6.45, 7) is 0. The van der Waals surface area contributed by atoms with E-state index in [1.54, 1.807) is 17.1 Å². The van der Waals surface area contributed by atoms with Gasteiger partial charge in [-0.3, -0.25) is 9.48 Å². The van der Waals surface area contributed by atoms with Crippen molar-refractivity contribution in [3.05, 3.63) is 65.7 Å². The highest BCUT2D eigenvalue weighted by Gasteiger charge is 2.48. The van der Waals surface area contributed by atoms with E-state index in [0.29, 0.717) is 11.8 Å². The number of carbonyl (C=O) groups excluding carboxylic acids is 1. The number of hydrogen-bond acceptors (Lipinski definition) is 8. The third-order valence-corrected chi connectivity index (χ3v) is 8.58. The van der Waals surface area contributed by atoms with Crippen molar-refractivity contribution in [2.45, 2.75) is 50.0 Å². The fourth-order valence-electron chi connectivity index (χ4n) is 4.79. The maximum Gasteiger partial charge on any atom is 0.293 e. The van der Waals surface area contributed by atoms with Crippen LogP contribution >= 0.6 is 22.6 Å². The molecule has 1 unspecified atom stereocenters. The van der Waals surface area contributed by atoms with Crippen LogP contribution in [0.3, 0.4) is 0 Å². The van der Waals surface area contributed by atoms with Crippen molar-refractivity contribution in [1.29, 1.82) is 0 Å². The molecule has 2 N–H and O–H groups in total. The summed E-state index contributed by atoms with van der Waals surface area (Å²) in [4.78, 5) is 26.5. The Balaban J connectivity index is 1.21. The van der Waals surface area contributed by atoms with E-state index in [1.165, 1.54) is 5.56 Å². The maximum absolute atomic E-state index is 13.0. The van der Waals surface area contributed by atoms with Crippen LogP contribution in [-0.2, 0) is 18.9 Å². The van der Waals surface area contributed by atoms with Gasteiger partial charge in [-0.15, -0.1) is 0 Å². The lowest BCUT2D eigenvalue weighted by Crippen LogP contribution is -2.29. The van der Waals surface area contributed by atoms with E-state index in [9.17, 15) is 4.79 Å². The Bertz CT molecular complexity index is 1440. The Kier molecular flexibility index (Phi) is 6.39. The number of alkyl halides is 1. The van der Waals surface area contributed by atoms with Crippen molar-refractivity contribution in [2.75, 3.05) is 9.74 Å². The van der Waals surface area contributed by atoms with Crippen LogP contribution in [0.15, 0.2) is 47.4 Å². The predicted molar refractivity (Wildman–Crippen MR) is 146 cm³/mol. The minimum atomic E-state index is -0.289. The van der Waals surface area contributed by atoms with Gasteiger partial charge in [0.1, 0.15) is 0 Å². The molecule has 37 heavy (non-hydrogen) atoms. The van der Waals surface area contributed by atoms with Crippen LogP contribution in [0.25, 0.3) is 11.3 Å². The third-order valence-electron chi connectivity index (χ3n) is 7.12. The van der Waals surface area contributed by atoms with Gasteiger partial charge in [-0.05, 0) is 55.4 Å². The lowest BCUT2D eigenvalue weighted by molar-refractivity contribution is 0.0921. The van der Waals surface area contributed by atoms with Crippen LogP contribution in [0, 0.1) is 0 Å². The molecule has 1 saturated carbocycles. The van der Waals surface area contributed by atoms with E-state index in [1.807, 2.05) is 19.3 Å². The highest BCUT2D eigenvalue weighted by molar-refractivity contribution is 14.1. The number of aromatic nitrogens is 6. The molecule has 6 rings (SSSR count). The molecule has 11 heteroatoms. The molecule has 1 fully saturated rings. The molecule has 1 amide bonds. The van der Waals surface area contributed by atoms with Gasteiger partial charge in [0.05, 0.1) is 29.0 Å². The summed E-state index contributed by atoms with van der Waals surface area (Å²) in [6, 6.07) is 8.15. The molecule has 0 spiro atoms. The molecule has 3 heterocycles. The average molecular weight is 610 g/mol. The van der Waals surface area contributed by atoms with Crippen LogP contribution in [0.5, 0.6) is 0 Å². The molecule has 0 aliphatic heterocycles. The second kappa shape index (κ2) is 9.84. The van der Waals surface area contributed by atoms with Crippen LogP contribution in [0.2, 0.25) is 0 Å². The number of carbonyl (C=O) groups is 1. The lowest BCUT2D eigenvalue weighted by Gasteiger charge is -2.19. The van der Waals surface area contributed by atoms with Crippen molar-refractivity contribution < 1.29 is 9.32 Å². The van der Waals surface area contributed by atoms with Gasteiger partial charge in [0, 0.05) is 29.4 Å². The number of aryl methyl sites for hydroxylation is 2. The number of nitrogens with zero attached hydrogens (tertiary/aromatic N) is 6. The van der Waals surface area contributed by atoms with Crippen molar-refractivity contribution >= 4 is 40.1 Å². The zero-order chi connectivity index (χ0) is 25.4. The largest absolute Gasteiger partial charge is 0.342 e. The predicted octanol–water partition coefficient (Wildman–Crippen LogP) is 4.67. The van der Waals surface area contributed by atoms with Crippen LogP contribution in [0.4, 0.5) is 11.6 Å². The van der Waals surface area contributed by atoms with Gasteiger partial charge < -0.3 is 15.2 Å². The van der Waals surface area contributed by atoms with E-state index in [0.717, 1.165) is 65.5 Å². The Morgan fingerprint density at radius 3 is 2.92 bits per heavy atom. The fourth-order valence-corrected chi connectivity index (χ4v) is 5.88. The number of fused-ring (bicyclic) bond motifs is 1. The van der Waals surface area contributed by atoms with Crippen molar-refractivity contribution in [1.82, 2.24) is 35.2 Å². The van der Waals surface area contributed by atoms with Crippen LogP contribution in [-0.4, -0.2) is 40.2 Å². The molecular weight excluding hydrogens is 583 g/mol. The Labute approximate surface area is 227 Å². The minimum absolute atomic E-state index is 0.0359. The summed E-state index contributed by atoms with van der Waals surface area (Å²) in [5.74, 6) is 0.923. The van der Waals surface area contributed by atoms with Crippen LogP contribution in [0.1, 0.15) is 65.8 Å². The van der Waals surface area contributed by atoms with Gasteiger partial charge in [0.15, 0.2) is 0 Å². The molecule has 2 aliphatic carbocycles. The number of rotatable bonds is 7. The smallest absolute Gasteiger partial charge is 0.293 e. The molecule has 190 valence electrons. The number of nitrogens with one attached hydrogen (secondary N) is 2. The molecule has 1 atom stereocenters. The van der Waals surface area contributed by atoms with Gasteiger partial charge >= 0.3 is 0 Å². The minimum Gasteiger partial charge on any atom is -0.342 e. The number of halogens is 1. The zero-order valence-electron chi connectivity index (χ0n) is 20.4. The average Bonchev–Trinajstić information content (AvgIpc) is 3.43. The zero-order valence-corrected chi connectivity index (χ0v) is 22.6. The Morgan fingerprint density at radius 1 is 1.24 bits per heavy atom. The van der Waals surface area contributed by atoms with E-state index in [4.69, 9.17) is 9.51 Å². The number of amides is 1. The first-order valence-electron chi connectivity index (χ1n) is 12.5. The first-order chi connectivity index (χ1) is 18.0. The topological polar surface area (TPSA) is 124 Å². The highest BCUT2D eigenvalue weighted by Crippen LogP contribution is 2.48. The van der Waals surface area contributed by atoms with Gasteiger partial charge in [-0.1, -0.05) is 46.3 Å². The van der Waals surface area contributed by atoms with Crippen molar-refractivity contribution in [3.63, 3.8) is 0 Å². The molecule has 4 aromatic rings. The van der Waals surface area contributed by atoms with Crippen LogP contribution < -0.4 is 10.6 Å². The lowest BCUT2D eigenvalue weighted by atomic mass is 9.95. The van der Waals surface area contributed by atoms with Crippen molar-refractivity contribution in [2.24, 2.45) is 7.05 Å². The SMILES string of the molecule is Cn1cc(Nc2nccc(-c3ccc4c(c3)CCCCC4NC(=O)c3noc(C4(CI)CC4)n3)n2)cn1. The second-order valence-corrected chi connectivity index (χ2v) is 10.6. The molecule has 3 aromatic heterocycles. The van der Waals surface area contributed by atoms with Gasteiger partial charge in [0.25, 0.3) is 11.7 Å². The summed E-state index contributed by atoms with van der Waals surface area (Å²) in [5, 5.41) is 14.5.